The monoisotopic (exact) mass is 163 g/mol. The van der Waals surface area contributed by atoms with Crippen LogP contribution in [-0.2, 0) is 10.8 Å². The van der Waals surface area contributed by atoms with Gasteiger partial charge in [-0.3, -0.25) is 4.21 Å². The van der Waals surface area contributed by atoms with Crippen LogP contribution >= 0.6 is 0 Å². The van der Waals surface area contributed by atoms with Crippen molar-refractivity contribution < 1.29 is 4.21 Å². The minimum atomic E-state index is -0.645. The van der Waals surface area contributed by atoms with Crippen molar-refractivity contribution in [2.24, 2.45) is 0 Å². The van der Waals surface area contributed by atoms with Gasteiger partial charge in [0.05, 0.1) is 0 Å². The molecule has 0 aromatic heterocycles. The number of hydrogen-bond acceptors (Lipinski definition) is 2. The van der Waals surface area contributed by atoms with Crippen molar-refractivity contribution in [3.05, 3.63) is 0 Å². The zero-order valence-corrected chi connectivity index (χ0v) is 7.83. The molecule has 0 rings (SSSR count). The smallest absolute Gasteiger partial charge is 0.0354 e. The van der Waals surface area contributed by atoms with Gasteiger partial charge in [-0.15, -0.1) is 0 Å². The predicted molar refractivity (Wildman–Crippen MR) is 46.7 cm³/mol. The highest BCUT2D eigenvalue weighted by molar-refractivity contribution is 7.84. The lowest BCUT2D eigenvalue weighted by molar-refractivity contribution is 0.636. The second-order valence-corrected chi connectivity index (χ2v) is 4.08. The Morgan fingerprint density at radius 3 is 2.50 bits per heavy atom. The van der Waals surface area contributed by atoms with Gasteiger partial charge in [0.1, 0.15) is 0 Å². The van der Waals surface area contributed by atoms with Crippen LogP contribution in [0.4, 0.5) is 0 Å². The third-order valence-electron chi connectivity index (χ3n) is 1.64. The zero-order valence-electron chi connectivity index (χ0n) is 7.02. The molecular weight excluding hydrogens is 146 g/mol. The number of rotatable bonds is 5. The average Bonchev–Trinajstić information content (AvgIpc) is 1.89. The molecule has 0 aliphatic rings. The van der Waals surface area contributed by atoms with Gasteiger partial charge in [0.15, 0.2) is 0 Å². The molecule has 10 heavy (non-hydrogen) atoms. The SMILES string of the molecule is CCC(CCNC)S(C)=O. The van der Waals surface area contributed by atoms with E-state index in [1.165, 1.54) is 0 Å². The first-order valence-electron chi connectivity index (χ1n) is 3.69. The Kier molecular flexibility index (Phi) is 5.93. The summed E-state index contributed by atoms with van der Waals surface area (Å²) in [6.07, 6.45) is 3.82. The van der Waals surface area contributed by atoms with Crippen molar-refractivity contribution in [3.63, 3.8) is 0 Å². The molecule has 2 atom stereocenters. The maximum Gasteiger partial charge on any atom is 0.0354 e. The molecule has 0 radical (unpaired) electrons. The fraction of sp³-hybridized carbons (Fsp3) is 1.00. The van der Waals surface area contributed by atoms with Crippen LogP contribution in [-0.4, -0.2) is 29.3 Å². The summed E-state index contributed by atoms with van der Waals surface area (Å²) < 4.78 is 11.0. The minimum absolute atomic E-state index is 0.382. The van der Waals surface area contributed by atoms with Crippen molar-refractivity contribution in [2.45, 2.75) is 25.0 Å². The maximum absolute atomic E-state index is 11.0. The lowest BCUT2D eigenvalue weighted by Gasteiger charge is -2.10. The van der Waals surface area contributed by atoms with Crippen LogP contribution in [0.15, 0.2) is 0 Å². The summed E-state index contributed by atoms with van der Waals surface area (Å²) in [5.41, 5.74) is 0. The second-order valence-electron chi connectivity index (χ2n) is 2.42. The highest BCUT2D eigenvalue weighted by Gasteiger charge is 2.08. The van der Waals surface area contributed by atoms with E-state index in [0.717, 1.165) is 19.4 Å². The third-order valence-corrected chi connectivity index (χ3v) is 3.15. The summed E-state index contributed by atoms with van der Waals surface area (Å²) in [7, 11) is 1.28. The van der Waals surface area contributed by atoms with Crippen LogP contribution in [0.25, 0.3) is 0 Å². The normalized spacial score (nSPS) is 16.7. The molecule has 0 saturated carbocycles. The second kappa shape index (κ2) is 5.86. The molecule has 0 aromatic rings. The summed E-state index contributed by atoms with van der Waals surface area (Å²) in [6, 6.07) is 0. The Balaban J connectivity index is 3.50. The van der Waals surface area contributed by atoms with Gasteiger partial charge in [-0.25, -0.2) is 0 Å². The average molecular weight is 163 g/mol. The quantitative estimate of drug-likeness (QED) is 0.648. The van der Waals surface area contributed by atoms with E-state index >= 15 is 0 Å². The summed E-state index contributed by atoms with van der Waals surface area (Å²) in [6.45, 7) is 3.06. The summed E-state index contributed by atoms with van der Waals surface area (Å²) in [4.78, 5) is 0. The van der Waals surface area contributed by atoms with E-state index < -0.39 is 10.8 Å². The molecule has 0 aliphatic carbocycles. The Labute approximate surface area is 65.9 Å². The lowest BCUT2D eigenvalue weighted by Crippen LogP contribution is -2.19. The summed E-state index contributed by atoms with van der Waals surface area (Å²) in [5, 5.41) is 3.43. The molecule has 0 fully saturated rings. The van der Waals surface area contributed by atoms with Gasteiger partial charge >= 0.3 is 0 Å². The van der Waals surface area contributed by atoms with E-state index in [9.17, 15) is 4.21 Å². The van der Waals surface area contributed by atoms with Gasteiger partial charge in [-0.2, -0.15) is 0 Å². The molecule has 62 valence electrons. The third kappa shape index (κ3) is 4.01. The van der Waals surface area contributed by atoms with Gasteiger partial charge in [0, 0.05) is 22.3 Å². The molecule has 2 unspecified atom stereocenters. The van der Waals surface area contributed by atoms with E-state index in [0.29, 0.717) is 5.25 Å². The molecule has 0 amide bonds. The molecule has 0 aromatic carbocycles. The molecule has 0 heterocycles. The summed E-state index contributed by atoms with van der Waals surface area (Å²) >= 11 is 0. The van der Waals surface area contributed by atoms with Crippen LogP contribution in [0.3, 0.4) is 0 Å². The fourth-order valence-electron chi connectivity index (χ4n) is 0.910. The Morgan fingerprint density at radius 2 is 2.20 bits per heavy atom. The first-order chi connectivity index (χ1) is 4.72. The van der Waals surface area contributed by atoms with Crippen molar-refractivity contribution in [1.29, 1.82) is 0 Å². The lowest BCUT2D eigenvalue weighted by atomic mass is 10.2. The van der Waals surface area contributed by atoms with Gasteiger partial charge in [-0.1, -0.05) is 6.92 Å². The van der Waals surface area contributed by atoms with Crippen molar-refractivity contribution in [1.82, 2.24) is 5.32 Å². The van der Waals surface area contributed by atoms with Crippen molar-refractivity contribution in [2.75, 3.05) is 19.8 Å². The minimum Gasteiger partial charge on any atom is -0.320 e. The van der Waals surface area contributed by atoms with E-state index in [-0.39, 0.29) is 0 Å². The van der Waals surface area contributed by atoms with Gasteiger partial charge in [-0.05, 0) is 26.4 Å². The first-order valence-corrected chi connectivity index (χ1v) is 5.31. The molecule has 0 saturated heterocycles. The van der Waals surface area contributed by atoms with Crippen LogP contribution in [0.1, 0.15) is 19.8 Å². The molecule has 3 heteroatoms. The molecular formula is C7H17NOS. The highest BCUT2D eigenvalue weighted by atomic mass is 32.2. The largest absolute Gasteiger partial charge is 0.320 e. The Bertz CT molecular complexity index is 106. The van der Waals surface area contributed by atoms with Crippen LogP contribution in [0, 0.1) is 0 Å². The van der Waals surface area contributed by atoms with Crippen LogP contribution < -0.4 is 5.32 Å². The van der Waals surface area contributed by atoms with Crippen LogP contribution in [0.2, 0.25) is 0 Å². The first kappa shape index (κ1) is 10.1. The fourth-order valence-corrected chi connectivity index (χ4v) is 1.83. The Hall–Kier alpha value is 0.110. The Morgan fingerprint density at radius 1 is 1.60 bits per heavy atom. The predicted octanol–water partition coefficient (Wildman–Crippen LogP) is 0.753. The number of hydrogen-bond donors (Lipinski definition) is 1. The zero-order chi connectivity index (χ0) is 7.98. The van der Waals surface area contributed by atoms with Gasteiger partial charge in [0.2, 0.25) is 0 Å². The standard InChI is InChI=1S/C7H17NOS/c1-4-7(10(3)9)5-6-8-2/h7-8H,4-6H2,1-3H3. The van der Waals surface area contributed by atoms with E-state index in [4.69, 9.17) is 0 Å². The highest BCUT2D eigenvalue weighted by Crippen LogP contribution is 2.03. The number of nitrogens with one attached hydrogen (secondary N) is 1. The van der Waals surface area contributed by atoms with E-state index in [1.54, 1.807) is 6.26 Å². The van der Waals surface area contributed by atoms with Crippen molar-refractivity contribution >= 4 is 10.8 Å². The topological polar surface area (TPSA) is 29.1 Å². The van der Waals surface area contributed by atoms with Gasteiger partial charge < -0.3 is 5.32 Å². The molecule has 0 aliphatic heterocycles. The summed E-state index contributed by atoms with van der Waals surface area (Å²) in [5.74, 6) is 0. The molecule has 0 spiro atoms. The maximum atomic E-state index is 11.0. The molecule has 2 nitrogen and oxygen atoms in total. The van der Waals surface area contributed by atoms with E-state index in [1.807, 2.05) is 7.05 Å². The molecule has 0 bridgehead atoms. The van der Waals surface area contributed by atoms with E-state index in [2.05, 4.69) is 12.2 Å². The van der Waals surface area contributed by atoms with Crippen molar-refractivity contribution in [3.8, 4) is 0 Å². The van der Waals surface area contributed by atoms with Gasteiger partial charge in [0.25, 0.3) is 0 Å². The molecule has 1 N–H and O–H groups in total. The van der Waals surface area contributed by atoms with Crippen LogP contribution in [0.5, 0.6) is 0 Å².